The first-order valence-corrected chi connectivity index (χ1v) is 7.50. The van der Waals surface area contributed by atoms with Crippen molar-refractivity contribution >= 4 is 21.4 Å². The Morgan fingerprint density at radius 2 is 1.65 bits per heavy atom. The molecular formula is C13H10F4N2O3S. The Kier molecular flexibility index (Phi) is 4.64. The van der Waals surface area contributed by atoms with E-state index in [1.807, 2.05) is 4.72 Å². The quantitative estimate of drug-likeness (QED) is 0.642. The Morgan fingerprint density at radius 3 is 2.22 bits per heavy atom. The standard InChI is InChI=1S/C13H10F4N2O3S/c14-9-5-6-10(11(15)12(9)18)19-23(20,21)8-3-1-7(2-4-8)22-13(16)17/h1-6,13,19H,18H2. The number of sulfonamides is 1. The molecule has 2 rings (SSSR count). The predicted octanol–water partition coefficient (Wildman–Crippen LogP) is 2.95. The van der Waals surface area contributed by atoms with Gasteiger partial charge in [-0.05, 0) is 36.4 Å². The number of nitrogens with one attached hydrogen (secondary N) is 1. The Hall–Kier alpha value is -2.49. The summed E-state index contributed by atoms with van der Waals surface area (Å²) in [5.41, 5.74) is 3.76. The average Bonchev–Trinajstić information content (AvgIpc) is 2.48. The Balaban J connectivity index is 2.27. The smallest absolute Gasteiger partial charge is 0.387 e. The SMILES string of the molecule is Nc1c(F)ccc(NS(=O)(=O)c2ccc(OC(F)F)cc2)c1F. The fourth-order valence-electron chi connectivity index (χ4n) is 1.65. The van der Waals surface area contributed by atoms with E-state index in [0.717, 1.165) is 36.4 Å². The van der Waals surface area contributed by atoms with Gasteiger partial charge in [-0.2, -0.15) is 8.78 Å². The molecule has 23 heavy (non-hydrogen) atoms. The fraction of sp³-hybridized carbons (Fsp3) is 0.0769. The van der Waals surface area contributed by atoms with Crippen molar-refractivity contribution in [2.24, 2.45) is 0 Å². The normalized spacial score (nSPS) is 11.5. The maximum absolute atomic E-state index is 13.7. The van der Waals surface area contributed by atoms with Crippen molar-refractivity contribution in [3.8, 4) is 5.75 Å². The van der Waals surface area contributed by atoms with E-state index in [1.54, 1.807) is 0 Å². The first-order valence-electron chi connectivity index (χ1n) is 6.02. The van der Waals surface area contributed by atoms with Crippen molar-refractivity contribution in [1.29, 1.82) is 0 Å². The average molecular weight is 350 g/mol. The second kappa shape index (κ2) is 6.32. The van der Waals surface area contributed by atoms with Gasteiger partial charge in [0, 0.05) is 0 Å². The van der Waals surface area contributed by atoms with Gasteiger partial charge >= 0.3 is 6.61 Å². The highest BCUT2D eigenvalue weighted by Crippen LogP contribution is 2.26. The lowest BCUT2D eigenvalue weighted by Crippen LogP contribution is -2.15. The summed E-state index contributed by atoms with van der Waals surface area (Å²) in [5, 5.41) is 0. The van der Waals surface area contributed by atoms with Gasteiger partial charge < -0.3 is 10.5 Å². The van der Waals surface area contributed by atoms with Crippen LogP contribution in [-0.4, -0.2) is 15.0 Å². The molecule has 0 bridgehead atoms. The van der Waals surface area contributed by atoms with Crippen molar-refractivity contribution in [2.75, 3.05) is 10.5 Å². The summed E-state index contributed by atoms with van der Waals surface area (Å²) in [4.78, 5) is -0.332. The van der Waals surface area contributed by atoms with Crippen LogP contribution in [0.15, 0.2) is 41.3 Å². The highest BCUT2D eigenvalue weighted by atomic mass is 32.2. The van der Waals surface area contributed by atoms with Crippen LogP contribution in [0.3, 0.4) is 0 Å². The Labute approximate surface area is 128 Å². The van der Waals surface area contributed by atoms with Crippen LogP contribution in [0.1, 0.15) is 0 Å². The van der Waals surface area contributed by atoms with Gasteiger partial charge in [0.15, 0.2) is 5.82 Å². The zero-order valence-electron chi connectivity index (χ0n) is 11.3. The van der Waals surface area contributed by atoms with E-state index < -0.39 is 39.6 Å². The molecule has 0 saturated carbocycles. The lowest BCUT2D eigenvalue weighted by molar-refractivity contribution is -0.0498. The fourth-order valence-corrected chi connectivity index (χ4v) is 2.71. The zero-order valence-corrected chi connectivity index (χ0v) is 12.1. The molecular weight excluding hydrogens is 340 g/mol. The number of ether oxygens (including phenoxy) is 1. The monoisotopic (exact) mass is 350 g/mol. The molecule has 5 nitrogen and oxygen atoms in total. The van der Waals surface area contributed by atoms with Crippen LogP contribution in [0.4, 0.5) is 28.9 Å². The van der Waals surface area contributed by atoms with Gasteiger partial charge in [0.2, 0.25) is 0 Å². The first kappa shape index (κ1) is 16.9. The topological polar surface area (TPSA) is 81.4 Å². The van der Waals surface area contributed by atoms with E-state index in [2.05, 4.69) is 4.74 Å². The summed E-state index contributed by atoms with van der Waals surface area (Å²) in [6, 6.07) is 5.67. The van der Waals surface area contributed by atoms with E-state index in [9.17, 15) is 26.0 Å². The van der Waals surface area contributed by atoms with Gasteiger partial charge in [-0.15, -0.1) is 0 Å². The minimum Gasteiger partial charge on any atom is -0.435 e. The highest BCUT2D eigenvalue weighted by molar-refractivity contribution is 7.92. The van der Waals surface area contributed by atoms with Crippen LogP contribution >= 0.6 is 0 Å². The number of anilines is 2. The molecule has 0 spiro atoms. The molecule has 0 aliphatic rings. The second-order valence-electron chi connectivity index (χ2n) is 4.28. The van der Waals surface area contributed by atoms with Gasteiger partial charge in [0.1, 0.15) is 17.3 Å². The lowest BCUT2D eigenvalue weighted by atomic mass is 10.2. The molecule has 0 saturated heterocycles. The van der Waals surface area contributed by atoms with Gasteiger partial charge in [-0.3, -0.25) is 4.72 Å². The van der Waals surface area contributed by atoms with E-state index in [-0.39, 0.29) is 10.6 Å². The van der Waals surface area contributed by atoms with Gasteiger partial charge in [0.25, 0.3) is 10.0 Å². The van der Waals surface area contributed by atoms with Crippen LogP contribution in [0, 0.1) is 11.6 Å². The molecule has 2 aromatic carbocycles. The lowest BCUT2D eigenvalue weighted by Gasteiger charge is -2.11. The highest BCUT2D eigenvalue weighted by Gasteiger charge is 2.19. The third kappa shape index (κ3) is 3.83. The van der Waals surface area contributed by atoms with Crippen LogP contribution < -0.4 is 15.2 Å². The number of hydrogen-bond acceptors (Lipinski definition) is 4. The molecule has 2 aromatic rings. The third-order valence-corrected chi connectivity index (χ3v) is 4.11. The molecule has 0 amide bonds. The molecule has 0 aliphatic heterocycles. The number of halogens is 4. The summed E-state index contributed by atoms with van der Waals surface area (Å²) >= 11 is 0. The van der Waals surface area contributed by atoms with E-state index >= 15 is 0 Å². The number of hydrogen-bond donors (Lipinski definition) is 2. The summed E-state index contributed by atoms with van der Waals surface area (Å²) in [6.07, 6.45) is 0. The zero-order chi connectivity index (χ0) is 17.2. The maximum Gasteiger partial charge on any atom is 0.387 e. The molecule has 3 N–H and O–H groups in total. The number of benzene rings is 2. The first-order chi connectivity index (χ1) is 10.7. The molecule has 0 aliphatic carbocycles. The Morgan fingerprint density at radius 1 is 1.04 bits per heavy atom. The van der Waals surface area contributed by atoms with Gasteiger partial charge in [-0.25, -0.2) is 17.2 Å². The van der Waals surface area contributed by atoms with E-state index in [1.165, 1.54) is 0 Å². The number of rotatable bonds is 5. The van der Waals surface area contributed by atoms with Crippen molar-refractivity contribution in [1.82, 2.24) is 0 Å². The largest absolute Gasteiger partial charge is 0.435 e. The van der Waals surface area contributed by atoms with Crippen LogP contribution in [0.25, 0.3) is 0 Å². The second-order valence-corrected chi connectivity index (χ2v) is 5.96. The molecule has 124 valence electrons. The Bertz CT molecular complexity index is 811. The molecule has 0 atom stereocenters. The third-order valence-electron chi connectivity index (χ3n) is 2.73. The van der Waals surface area contributed by atoms with Crippen molar-refractivity contribution in [3.05, 3.63) is 48.0 Å². The molecule has 0 heterocycles. The minimum atomic E-state index is -4.22. The predicted molar refractivity (Wildman–Crippen MR) is 74.7 cm³/mol. The molecule has 10 heteroatoms. The summed E-state index contributed by atoms with van der Waals surface area (Å²) in [5.74, 6) is -2.53. The number of nitrogens with two attached hydrogens (primary N) is 1. The van der Waals surface area contributed by atoms with Crippen molar-refractivity contribution in [3.63, 3.8) is 0 Å². The van der Waals surface area contributed by atoms with E-state index in [0.29, 0.717) is 0 Å². The van der Waals surface area contributed by atoms with Gasteiger partial charge in [0.05, 0.1) is 10.6 Å². The molecule has 0 radical (unpaired) electrons. The molecule has 0 unspecified atom stereocenters. The van der Waals surface area contributed by atoms with Crippen LogP contribution in [0.5, 0.6) is 5.75 Å². The minimum absolute atomic E-state index is 0.240. The number of alkyl halides is 2. The van der Waals surface area contributed by atoms with Crippen LogP contribution in [-0.2, 0) is 10.0 Å². The van der Waals surface area contributed by atoms with Crippen LogP contribution in [0.2, 0.25) is 0 Å². The van der Waals surface area contributed by atoms with E-state index in [4.69, 9.17) is 5.73 Å². The summed E-state index contributed by atoms with van der Waals surface area (Å²) < 4.78 is 80.9. The molecule has 0 aromatic heterocycles. The van der Waals surface area contributed by atoms with Crippen molar-refractivity contribution < 1.29 is 30.7 Å². The maximum atomic E-state index is 13.7. The molecule has 0 fully saturated rings. The summed E-state index contributed by atoms with van der Waals surface area (Å²) in [6.45, 7) is -3.05. The van der Waals surface area contributed by atoms with Crippen molar-refractivity contribution in [2.45, 2.75) is 11.5 Å². The van der Waals surface area contributed by atoms with Gasteiger partial charge in [-0.1, -0.05) is 0 Å². The summed E-state index contributed by atoms with van der Waals surface area (Å²) in [7, 11) is -4.22. The number of nitrogen functional groups attached to an aromatic ring is 1.